The minimum Gasteiger partial charge on any atom is -0.491 e. The highest BCUT2D eigenvalue weighted by atomic mass is 19.4. The van der Waals surface area contributed by atoms with E-state index in [0.29, 0.717) is 5.75 Å². The summed E-state index contributed by atoms with van der Waals surface area (Å²) in [5.74, 6) is 0.564. The fourth-order valence-electron chi connectivity index (χ4n) is 2.57. The summed E-state index contributed by atoms with van der Waals surface area (Å²) in [5, 5.41) is 18.7. The molecule has 0 saturated carbocycles. The van der Waals surface area contributed by atoms with E-state index in [0.717, 1.165) is 12.1 Å². The molecule has 1 aromatic heterocycles. The van der Waals surface area contributed by atoms with Gasteiger partial charge in [0.25, 0.3) is 0 Å². The summed E-state index contributed by atoms with van der Waals surface area (Å²) in [6.07, 6.45) is -2.58. The zero-order chi connectivity index (χ0) is 21.6. The van der Waals surface area contributed by atoms with Crippen molar-refractivity contribution in [1.29, 1.82) is 0 Å². The van der Waals surface area contributed by atoms with Gasteiger partial charge in [-0.25, -0.2) is 9.48 Å². The van der Waals surface area contributed by atoms with Gasteiger partial charge in [-0.05, 0) is 36.4 Å². The maximum absolute atomic E-state index is 13.1. The van der Waals surface area contributed by atoms with Crippen LogP contribution in [0.5, 0.6) is 5.75 Å². The number of aromatic nitrogens is 2. The molecule has 0 saturated heterocycles. The number of ether oxygens (including phenoxy) is 1. The van der Waals surface area contributed by atoms with Crippen LogP contribution in [0.15, 0.2) is 67.0 Å². The first kappa shape index (κ1) is 21.2. The number of benzene rings is 2. The highest BCUT2D eigenvalue weighted by molar-refractivity contribution is 5.91. The number of para-hydroxylation sites is 1. The van der Waals surface area contributed by atoms with Crippen molar-refractivity contribution in [1.82, 2.24) is 15.1 Å². The number of anilines is 1. The summed E-state index contributed by atoms with van der Waals surface area (Å²) in [6, 6.07) is 12.6. The smallest absolute Gasteiger partial charge is 0.416 e. The molecule has 1 heterocycles. The number of carbonyl (C=O) groups excluding carboxylic acids is 1. The zero-order valence-corrected chi connectivity index (χ0v) is 15.6. The molecule has 3 aromatic rings. The van der Waals surface area contributed by atoms with E-state index < -0.39 is 23.9 Å². The van der Waals surface area contributed by atoms with Crippen LogP contribution >= 0.6 is 0 Å². The number of hydrogen-bond acceptors (Lipinski definition) is 4. The van der Waals surface area contributed by atoms with Crippen LogP contribution in [0, 0.1) is 0 Å². The Labute approximate surface area is 170 Å². The lowest BCUT2D eigenvalue weighted by atomic mass is 10.1. The van der Waals surface area contributed by atoms with Crippen molar-refractivity contribution in [3.05, 3.63) is 72.6 Å². The molecule has 158 valence electrons. The average Bonchev–Trinajstić information content (AvgIpc) is 3.25. The molecule has 1 unspecified atom stereocenters. The summed E-state index contributed by atoms with van der Waals surface area (Å²) in [6.45, 7) is -0.221. The second kappa shape index (κ2) is 9.31. The van der Waals surface area contributed by atoms with Crippen LogP contribution in [0.2, 0.25) is 0 Å². The monoisotopic (exact) mass is 420 g/mol. The van der Waals surface area contributed by atoms with Gasteiger partial charge in [0.05, 0.1) is 16.9 Å². The van der Waals surface area contributed by atoms with E-state index in [9.17, 15) is 23.1 Å². The first-order chi connectivity index (χ1) is 14.3. The molecule has 0 aliphatic rings. The second-order valence-electron chi connectivity index (χ2n) is 6.29. The lowest BCUT2D eigenvalue weighted by molar-refractivity contribution is -0.137. The van der Waals surface area contributed by atoms with E-state index in [1.165, 1.54) is 23.1 Å². The predicted octanol–water partition coefficient (Wildman–Crippen LogP) is 3.45. The van der Waals surface area contributed by atoms with Crippen molar-refractivity contribution in [2.75, 3.05) is 18.5 Å². The van der Waals surface area contributed by atoms with Gasteiger partial charge in [0.15, 0.2) is 0 Å². The molecule has 7 nitrogen and oxygen atoms in total. The van der Waals surface area contributed by atoms with Crippen LogP contribution in [-0.2, 0) is 6.18 Å². The molecular formula is C20H19F3N4O3. The highest BCUT2D eigenvalue weighted by Gasteiger charge is 2.31. The number of aliphatic hydroxyl groups is 1. The number of rotatable bonds is 7. The summed E-state index contributed by atoms with van der Waals surface area (Å²) < 4.78 is 45.9. The van der Waals surface area contributed by atoms with Crippen LogP contribution in [0.1, 0.15) is 5.56 Å². The van der Waals surface area contributed by atoms with E-state index in [-0.39, 0.29) is 24.5 Å². The van der Waals surface area contributed by atoms with Crippen molar-refractivity contribution in [3.8, 4) is 11.4 Å². The minimum absolute atomic E-state index is 0.0631. The molecule has 2 aromatic carbocycles. The third-order valence-electron chi connectivity index (χ3n) is 4.01. The van der Waals surface area contributed by atoms with Gasteiger partial charge in [0.1, 0.15) is 18.5 Å². The Morgan fingerprint density at radius 2 is 1.93 bits per heavy atom. The fourth-order valence-corrected chi connectivity index (χ4v) is 2.57. The molecule has 0 aliphatic carbocycles. The second-order valence-corrected chi connectivity index (χ2v) is 6.29. The number of aliphatic hydroxyl groups excluding tert-OH is 1. The predicted molar refractivity (Wildman–Crippen MR) is 104 cm³/mol. The quantitative estimate of drug-likeness (QED) is 0.546. The Bertz CT molecular complexity index is 963. The molecule has 0 spiro atoms. The third kappa shape index (κ3) is 5.74. The minimum atomic E-state index is -4.57. The van der Waals surface area contributed by atoms with E-state index in [4.69, 9.17) is 4.74 Å². The van der Waals surface area contributed by atoms with Crippen molar-refractivity contribution in [3.63, 3.8) is 0 Å². The SMILES string of the molecule is O=C(NCC(O)COc1ccccc1)Nc1cc(C(F)(F)F)ccc1-n1cccn1. The Kier molecular flexibility index (Phi) is 6.58. The van der Waals surface area contributed by atoms with Crippen molar-refractivity contribution in [2.45, 2.75) is 12.3 Å². The normalized spacial score (nSPS) is 12.3. The van der Waals surface area contributed by atoms with Gasteiger partial charge < -0.3 is 20.5 Å². The number of nitrogens with one attached hydrogen (secondary N) is 2. The Balaban J connectivity index is 1.62. The molecule has 0 aliphatic heterocycles. The number of carbonyl (C=O) groups is 1. The largest absolute Gasteiger partial charge is 0.491 e. The number of alkyl halides is 3. The van der Waals surface area contributed by atoms with Gasteiger partial charge in [-0.3, -0.25) is 0 Å². The van der Waals surface area contributed by atoms with Crippen LogP contribution in [0.25, 0.3) is 5.69 Å². The molecule has 3 N–H and O–H groups in total. The summed E-state index contributed by atoms with van der Waals surface area (Å²) in [4.78, 5) is 12.2. The lowest BCUT2D eigenvalue weighted by Crippen LogP contribution is -2.37. The Morgan fingerprint density at radius 1 is 1.17 bits per heavy atom. The van der Waals surface area contributed by atoms with Crippen LogP contribution in [-0.4, -0.2) is 40.2 Å². The molecule has 3 rings (SSSR count). The highest BCUT2D eigenvalue weighted by Crippen LogP contribution is 2.33. The zero-order valence-electron chi connectivity index (χ0n) is 15.6. The molecule has 1 atom stereocenters. The van der Waals surface area contributed by atoms with Crippen molar-refractivity contribution >= 4 is 11.7 Å². The maximum atomic E-state index is 13.1. The maximum Gasteiger partial charge on any atom is 0.416 e. The van der Waals surface area contributed by atoms with Crippen LogP contribution < -0.4 is 15.4 Å². The van der Waals surface area contributed by atoms with Gasteiger partial charge in [-0.2, -0.15) is 18.3 Å². The first-order valence-electron chi connectivity index (χ1n) is 8.95. The Hall–Kier alpha value is -3.53. The first-order valence-corrected chi connectivity index (χ1v) is 8.95. The number of urea groups is 1. The summed E-state index contributed by atoms with van der Waals surface area (Å²) in [5.41, 5.74) is -0.734. The van der Waals surface area contributed by atoms with Crippen molar-refractivity contribution < 1.29 is 27.8 Å². The number of nitrogens with zero attached hydrogens (tertiary/aromatic N) is 2. The molecule has 30 heavy (non-hydrogen) atoms. The number of hydrogen-bond donors (Lipinski definition) is 3. The van der Waals surface area contributed by atoms with Crippen LogP contribution in [0.4, 0.5) is 23.7 Å². The molecule has 0 bridgehead atoms. The van der Waals surface area contributed by atoms with Gasteiger partial charge >= 0.3 is 12.2 Å². The number of halogens is 3. The van der Waals surface area contributed by atoms with Gasteiger partial charge in [0, 0.05) is 18.9 Å². The third-order valence-corrected chi connectivity index (χ3v) is 4.01. The molecule has 0 radical (unpaired) electrons. The summed E-state index contributed by atoms with van der Waals surface area (Å²) in [7, 11) is 0. The molecule has 10 heteroatoms. The van der Waals surface area contributed by atoms with Gasteiger partial charge in [0.2, 0.25) is 0 Å². The fraction of sp³-hybridized carbons (Fsp3) is 0.200. The standard InChI is InChI=1S/C20H19F3N4O3/c21-20(22,23)14-7-8-18(27-10-4-9-25-27)17(11-14)26-19(29)24-12-15(28)13-30-16-5-2-1-3-6-16/h1-11,15,28H,12-13H2,(H2,24,26,29). The summed E-state index contributed by atoms with van der Waals surface area (Å²) >= 11 is 0. The molecule has 2 amide bonds. The van der Waals surface area contributed by atoms with Gasteiger partial charge in [-0.15, -0.1) is 0 Å². The van der Waals surface area contributed by atoms with E-state index in [1.54, 1.807) is 30.3 Å². The van der Waals surface area contributed by atoms with Crippen LogP contribution in [0.3, 0.4) is 0 Å². The van der Waals surface area contributed by atoms with E-state index in [1.807, 2.05) is 6.07 Å². The number of amides is 2. The molecule has 0 fully saturated rings. The average molecular weight is 420 g/mol. The lowest BCUT2D eigenvalue weighted by Gasteiger charge is -2.16. The molecular weight excluding hydrogens is 401 g/mol. The van der Waals surface area contributed by atoms with E-state index in [2.05, 4.69) is 15.7 Å². The van der Waals surface area contributed by atoms with Crippen molar-refractivity contribution in [2.24, 2.45) is 0 Å². The topological polar surface area (TPSA) is 88.4 Å². The van der Waals surface area contributed by atoms with Gasteiger partial charge in [-0.1, -0.05) is 18.2 Å². The van der Waals surface area contributed by atoms with E-state index >= 15 is 0 Å². The Morgan fingerprint density at radius 3 is 2.60 bits per heavy atom.